The van der Waals surface area contributed by atoms with Gasteiger partial charge in [-0.1, -0.05) is 31.2 Å². The number of benzene rings is 1. The zero-order valence-corrected chi connectivity index (χ0v) is 30.3. The van der Waals surface area contributed by atoms with E-state index < -0.39 is 23.9 Å². The number of anilines is 1. The number of hydrogen-bond acceptors (Lipinski definition) is 7. The van der Waals surface area contributed by atoms with Gasteiger partial charge in [0.1, 0.15) is 12.3 Å². The molecule has 1 aromatic carbocycles. The summed E-state index contributed by atoms with van der Waals surface area (Å²) in [5.41, 5.74) is 2.20. The van der Waals surface area contributed by atoms with Gasteiger partial charge in [0.25, 0.3) is 0 Å². The van der Waals surface area contributed by atoms with E-state index in [0.717, 1.165) is 35.5 Å². The molecule has 14 heteroatoms. The minimum atomic E-state index is -3.99. The van der Waals surface area contributed by atoms with Crippen LogP contribution in [0.3, 0.4) is 0 Å². The third-order valence-electron chi connectivity index (χ3n) is 8.07. The van der Waals surface area contributed by atoms with Crippen LogP contribution in [-0.2, 0) is 42.2 Å². The van der Waals surface area contributed by atoms with Crippen molar-refractivity contribution in [2.75, 3.05) is 44.4 Å². The van der Waals surface area contributed by atoms with E-state index in [1.54, 1.807) is 4.90 Å². The Morgan fingerprint density at radius 3 is 2.58 bits per heavy atom. The van der Waals surface area contributed by atoms with Crippen molar-refractivity contribution in [1.29, 1.82) is 0 Å². The topological polar surface area (TPSA) is 121 Å². The highest BCUT2D eigenvalue weighted by atomic mass is 35.5. The number of aromatic amines is 1. The van der Waals surface area contributed by atoms with Gasteiger partial charge in [-0.15, -0.1) is 0 Å². The summed E-state index contributed by atoms with van der Waals surface area (Å²) in [4.78, 5) is 29.5. The highest BCUT2D eigenvalue weighted by molar-refractivity contribution is 7.90. The van der Waals surface area contributed by atoms with Gasteiger partial charge in [-0.3, -0.25) is 4.79 Å². The summed E-state index contributed by atoms with van der Waals surface area (Å²) in [5.74, 6) is -0.329. The largest absolute Gasteiger partial charge is 0.469 e. The van der Waals surface area contributed by atoms with E-state index in [9.17, 15) is 18.0 Å². The first-order valence-corrected chi connectivity index (χ1v) is 21.2. The highest BCUT2D eigenvalue weighted by Crippen LogP contribution is 2.42. The molecule has 2 aromatic rings. The van der Waals surface area contributed by atoms with Crippen molar-refractivity contribution < 1.29 is 32.2 Å². The molecule has 1 fully saturated rings. The average molecular weight is 685 g/mol. The zero-order chi connectivity index (χ0) is 33.2. The number of aryl methyl sites for hydroxylation is 1. The molecule has 1 aromatic heterocycles. The van der Waals surface area contributed by atoms with Crippen molar-refractivity contribution in [3.8, 4) is 0 Å². The number of H-pyrrole nitrogens is 1. The number of esters is 1. The number of halogens is 1. The van der Waals surface area contributed by atoms with E-state index in [1.165, 1.54) is 15.7 Å². The number of aromatic nitrogens is 1. The zero-order valence-electron chi connectivity index (χ0n) is 27.7. The summed E-state index contributed by atoms with van der Waals surface area (Å²) in [6, 6.07) is 4.67. The predicted molar refractivity (Wildman–Crippen MR) is 180 cm³/mol. The third-order valence-corrected chi connectivity index (χ3v) is 11.9. The fourth-order valence-electron chi connectivity index (χ4n) is 5.75. The van der Waals surface area contributed by atoms with Crippen molar-refractivity contribution in [3.05, 3.63) is 28.4 Å². The molecule has 1 N–H and O–H groups in total. The smallest absolute Gasteiger partial charge is 0.410 e. The van der Waals surface area contributed by atoms with E-state index >= 15 is 0 Å². The molecule has 0 aliphatic carbocycles. The number of nitrogens with one attached hydrogen (secondary N) is 1. The van der Waals surface area contributed by atoms with Gasteiger partial charge < -0.3 is 24.1 Å². The lowest BCUT2D eigenvalue weighted by molar-refractivity contribution is -0.140. The molecule has 2 aliphatic rings. The number of carbonyl (C=O) groups is 2. The molecule has 1 saturated heterocycles. The summed E-state index contributed by atoms with van der Waals surface area (Å²) in [6.07, 6.45) is 2.64. The molecular formula is C31H49ClN4O7SSi. The fraction of sp³-hybridized carbons (Fsp3) is 0.677. The number of ether oxygens (including phenoxy) is 3. The van der Waals surface area contributed by atoms with Gasteiger partial charge in [-0.05, 0) is 76.1 Å². The summed E-state index contributed by atoms with van der Waals surface area (Å²) in [5, 5.41) is 1.24. The Kier molecular flexibility index (Phi) is 11.2. The predicted octanol–water partition coefficient (Wildman–Crippen LogP) is 6.14. The van der Waals surface area contributed by atoms with E-state index in [2.05, 4.69) is 24.6 Å². The minimum Gasteiger partial charge on any atom is -0.469 e. The van der Waals surface area contributed by atoms with Crippen molar-refractivity contribution in [3.63, 3.8) is 0 Å². The molecule has 252 valence electrons. The average Bonchev–Trinajstić information content (AvgIpc) is 3.36. The number of fused-ring (bicyclic) bond motifs is 3. The Balaban J connectivity index is 1.63. The number of nitrogens with zero attached hydrogens (tertiary/aromatic N) is 3. The lowest BCUT2D eigenvalue weighted by Crippen LogP contribution is -2.52. The Bertz CT molecular complexity index is 1490. The summed E-state index contributed by atoms with van der Waals surface area (Å²) >= 11 is 6.79. The van der Waals surface area contributed by atoms with Gasteiger partial charge in [-0.2, -0.15) is 12.7 Å². The first kappa shape index (κ1) is 35.5. The van der Waals surface area contributed by atoms with Gasteiger partial charge in [0.05, 0.1) is 23.3 Å². The van der Waals surface area contributed by atoms with Gasteiger partial charge in [0.2, 0.25) is 0 Å². The molecule has 2 aliphatic heterocycles. The Labute approximate surface area is 273 Å². The van der Waals surface area contributed by atoms with Crippen LogP contribution in [0.5, 0.6) is 0 Å². The second kappa shape index (κ2) is 14.2. The summed E-state index contributed by atoms with van der Waals surface area (Å²) < 4.78 is 47.9. The van der Waals surface area contributed by atoms with Crippen molar-refractivity contribution >= 4 is 58.5 Å². The molecule has 1 amide bonds. The molecule has 1 unspecified atom stereocenters. The second-order valence-electron chi connectivity index (χ2n) is 14.3. The third kappa shape index (κ3) is 9.15. The Hall–Kier alpha value is -2.32. The van der Waals surface area contributed by atoms with E-state index in [0.29, 0.717) is 48.8 Å². The lowest BCUT2D eigenvalue weighted by Gasteiger charge is -2.40. The molecule has 0 saturated carbocycles. The SMILES string of the molecule is COC(=O)CCCc1cc2c(Cl)cc3c(c2[nH]1)N(COCC[Si](C)(C)C)S(=O)(=O)N(CC1CCCN(C(=O)OC(C)(C)C)C1)C3. The normalized spacial score (nSPS) is 19.1. The van der Waals surface area contributed by atoms with Crippen LogP contribution in [0.1, 0.15) is 57.7 Å². The standard InChI is InChI=1S/C31H49ClN4O7SSi/c1-31(2,3)43-30(38)34-13-9-10-22(18-34)19-35-20-23-16-26(32)25-17-24(11-8-12-27(37)41-4)33-28(25)29(23)36(44(35,39)40)21-42-14-15-45(5,6)7/h16-17,22,33H,8-15,18-21H2,1-7H3. The summed E-state index contributed by atoms with van der Waals surface area (Å²) in [7, 11) is -4.02. The van der Waals surface area contributed by atoms with Crippen LogP contribution in [0, 0.1) is 5.92 Å². The van der Waals surface area contributed by atoms with E-state index in [4.69, 9.17) is 25.8 Å². The van der Waals surface area contributed by atoms with Crippen LogP contribution in [0.2, 0.25) is 30.7 Å². The maximum atomic E-state index is 14.3. The number of methoxy groups -OCH3 is 1. The molecule has 0 radical (unpaired) electrons. The number of amides is 1. The molecule has 0 bridgehead atoms. The first-order chi connectivity index (χ1) is 21.0. The maximum Gasteiger partial charge on any atom is 0.410 e. The van der Waals surface area contributed by atoms with Crippen molar-refractivity contribution in [1.82, 2.24) is 14.2 Å². The van der Waals surface area contributed by atoms with Crippen LogP contribution in [0.15, 0.2) is 12.1 Å². The minimum absolute atomic E-state index is 0.0524. The fourth-order valence-corrected chi connectivity index (χ4v) is 8.41. The highest BCUT2D eigenvalue weighted by Gasteiger charge is 2.41. The van der Waals surface area contributed by atoms with Crippen LogP contribution in [-0.4, -0.2) is 88.4 Å². The summed E-state index contributed by atoms with van der Waals surface area (Å²) in [6.45, 7) is 14.0. The van der Waals surface area contributed by atoms with Crippen LogP contribution in [0.4, 0.5) is 10.5 Å². The first-order valence-electron chi connectivity index (χ1n) is 15.7. The molecule has 1 atom stereocenters. The van der Waals surface area contributed by atoms with Gasteiger partial charge in [0.15, 0.2) is 0 Å². The van der Waals surface area contributed by atoms with Crippen LogP contribution >= 0.6 is 11.6 Å². The Morgan fingerprint density at radius 1 is 1.18 bits per heavy atom. The lowest BCUT2D eigenvalue weighted by atomic mass is 9.98. The molecule has 4 rings (SSSR count). The maximum absolute atomic E-state index is 14.3. The number of likely N-dealkylation sites (tertiary alicyclic amines) is 1. The van der Waals surface area contributed by atoms with Crippen molar-refractivity contribution in [2.45, 2.75) is 90.7 Å². The molecule has 0 spiro atoms. The monoisotopic (exact) mass is 684 g/mol. The number of rotatable bonds is 11. The Morgan fingerprint density at radius 2 is 1.91 bits per heavy atom. The van der Waals surface area contributed by atoms with Crippen LogP contribution in [0.25, 0.3) is 10.9 Å². The van der Waals surface area contributed by atoms with Gasteiger partial charge >= 0.3 is 22.3 Å². The van der Waals surface area contributed by atoms with Gasteiger partial charge in [-0.25, -0.2) is 9.10 Å². The molecular weight excluding hydrogens is 636 g/mol. The van der Waals surface area contributed by atoms with Crippen molar-refractivity contribution in [2.24, 2.45) is 5.92 Å². The second-order valence-corrected chi connectivity index (χ2v) is 22.2. The number of piperidine rings is 1. The van der Waals surface area contributed by atoms with Gasteiger partial charge in [0, 0.05) is 58.4 Å². The number of carbonyl (C=O) groups excluding carboxylic acids is 2. The molecule has 45 heavy (non-hydrogen) atoms. The van der Waals surface area contributed by atoms with E-state index in [1.807, 2.05) is 32.9 Å². The molecule has 3 heterocycles. The van der Waals surface area contributed by atoms with E-state index in [-0.39, 0.29) is 44.2 Å². The van der Waals surface area contributed by atoms with Crippen LogP contribution < -0.4 is 4.31 Å². The molecule has 11 nitrogen and oxygen atoms in total. The quantitative estimate of drug-likeness (QED) is 0.171. The number of hydrogen-bond donors (Lipinski definition) is 1.